The molecule has 4 N–H and O–H groups in total. The van der Waals surface area contributed by atoms with Crippen LogP contribution in [-0.2, 0) is 9.59 Å². The number of carbonyl (C=O) groups is 2. The van der Waals surface area contributed by atoms with Crippen LogP contribution < -0.4 is 11.5 Å². The van der Waals surface area contributed by atoms with Gasteiger partial charge in [-0.15, -0.1) is 6.58 Å². The largest absolute Gasteiger partial charge is 0.368 e. The summed E-state index contributed by atoms with van der Waals surface area (Å²) in [6.07, 6.45) is 1.96. The molecule has 0 saturated carbocycles. The number of nitrogens with zero attached hydrogens (tertiary/aromatic N) is 1. The third-order valence-electron chi connectivity index (χ3n) is 1.97. The molecule has 15 heavy (non-hydrogen) atoms. The van der Waals surface area contributed by atoms with E-state index in [0.717, 1.165) is 0 Å². The maximum atomic E-state index is 11.8. The van der Waals surface area contributed by atoms with Crippen molar-refractivity contribution in [1.82, 2.24) is 4.90 Å². The zero-order chi connectivity index (χ0) is 12.0. The van der Waals surface area contributed by atoms with Crippen LogP contribution >= 0.6 is 0 Å². The Hall–Kier alpha value is -1.36. The van der Waals surface area contributed by atoms with Crippen LogP contribution in [0.5, 0.6) is 0 Å². The Balaban J connectivity index is 4.54. The Morgan fingerprint density at radius 2 is 2.00 bits per heavy atom. The van der Waals surface area contributed by atoms with Gasteiger partial charge in [-0.25, -0.2) is 0 Å². The van der Waals surface area contributed by atoms with Crippen LogP contribution in [0.1, 0.15) is 20.3 Å². The molecule has 0 rings (SSSR count). The molecule has 1 atom stereocenters. The zero-order valence-corrected chi connectivity index (χ0v) is 9.27. The number of carbonyl (C=O) groups excluding carboxylic acids is 2. The molecule has 0 aromatic heterocycles. The first kappa shape index (κ1) is 13.6. The number of nitrogens with two attached hydrogens (primary N) is 2. The van der Waals surface area contributed by atoms with Gasteiger partial charge in [-0.05, 0) is 20.3 Å². The Morgan fingerprint density at radius 1 is 1.47 bits per heavy atom. The number of primary amides is 1. The minimum absolute atomic E-state index is 0.0959. The molecule has 5 heteroatoms. The topological polar surface area (TPSA) is 89.4 Å². The second-order valence-corrected chi connectivity index (χ2v) is 3.66. The summed E-state index contributed by atoms with van der Waals surface area (Å²) in [5.41, 5.74) is 10.7. The van der Waals surface area contributed by atoms with Crippen LogP contribution in [0.2, 0.25) is 0 Å². The fourth-order valence-corrected chi connectivity index (χ4v) is 1.18. The van der Waals surface area contributed by atoms with Gasteiger partial charge in [-0.2, -0.15) is 0 Å². The highest BCUT2D eigenvalue weighted by Gasteiger charge is 2.23. The van der Waals surface area contributed by atoms with Gasteiger partial charge in [0.15, 0.2) is 0 Å². The predicted octanol–water partition coefficient (Wildman–Crippen LogP) is -0.388. The summed E-state index contributed by atoms with van der Waals surface area (Å²) in [6.45, 7) is 7.02. The Kier molecular flexibility index (Phi) is 5.62. The summed E-state index contributed by atoms with van der Waals surface area (Å²) in [4.78, 5) is 23.9. The fourth-order valence-electron chi connectivity index (χ4n) is 1.18. The van der Waals surface area contributed by atoms with Crippen LogP contribution in [-0.4, -0.2) is 35.3 Å². The second-order valence-electron chi connectivity index (χ2n) is 3.66. The van der Waals surface area contributed by atoms with E-state index in [1.54, 1.807) is 6.08 Å². The third-order valence-corrected chi connectivity index (χ3v) is 1.97. The number of hydrogen-bond donors (Lipinski definition) is 2. The lowest BCUT2D eigenvalue weighted by Gasteiger charge is -2.27. The summed E-state index contributed by atoms with van der Waals surface area (Å²) >= 11 is 0. The Morgan fingerprint density at radius 3 is 2.33 bits per heavy atom. The van der Waals surface area contributed by atoms with Crippen molar-refractivity contribution in [3.05, 3.63) is 12.7 Å². The highest BCUT2D eigenvalue weighted by Crippen LogP contribution is 2.03. The SMILES string of the molecule is C=CCC(N)C(=O)N(CC(N)=O)C(C)C. The molecule has 86 valence electrons. The molecule has 0 spiro atoms. The van der Waals surface area contributed by atoms with Gasteiger partial charge in [0, 0.05) is 6.04 Å². The van der Waals surface area contributed by atoms with Crippen molar-refractivity contribution in [2.45, 2.75) is 32.4 Å². The van der Waals surface area contributed by atoms with Gasteiger partial charge in [0.1, 0.15) is 0 Å². The average Bonchev–Trinajstić information content (AvgIpc) is 2.12. The molecule has 0 fully saturated rings. The normalized spacial score (nSPS) is 12.3. The Bertz CT molecular complexity index is 251. The van der Waals surface area contributed by atoms with Crippen molar-refractivity contribution >= 4 is 11.8 Å². The van der Waals surface area contributed by atoms with Crippen molar-refractivity contribution < 1.29 is 9.59 Å². The average molecular weight is 213 g/mol. The van der Waals surface area contributed by atoms with E-state index in [9.17, 15) is 9.59 Å². The molecule has 0 bridgehead atoms. The van der Waals surface area contributed by atoms with Gasteiger partial charge in [-0.3, -0.25) is 9.59 Å². The van der Waals surface area contributed by atoms with E-state index in [2.05, 4.69) is 6.58 Å². The van der Waals surface area contributed by atoms with Gasteiger partial charge in [0.05, 0.1) is 12.6 Å². The highest BCUT2D eigenvalue weighted by atomic mass is 16.2. The van der Waals surface area contributed by atoms with Crippen LogP contribution in [0.3, 0.4) is 0 Å². The summed E-state index contributed by atoms with van der Waals surface area (Å²) < 4.78 is 0. The molecule has 0 aliphatic rings. The minimum atomic E-state index is -0.649. The van der Waals surface area contributed by atoms with Gasteiger partial charge >= 0.3 is 0 Å². The van der Waals surface area contributed by atoms with Gasteiger partial charge in [0.25, 0.3) is 0 Å². The molecule has 0 aliphatic carbocycles. The molecule has 1 unspecified atom stereocenters. The zero-order valence-electron chi connectivity index (χ0n) is 9.27. The monoisotopic (exact) mass is 213 g/mol. The predicted molar refractivity (Wildman–Crippen MR) is 58.8 cm³/mol. The van der Waals surface area contributed by atoms with Crippen LogP contribution in [0, 0.1) is 0 Å². The van der Waals surface area contributed by atoms with Crippen molar-refractivity contribution in [3.63, 3.8) is 0 Å². The second kappa shape index (κ2) is 6.19. The molecule has 0 heterocycles. The first-order chi connectivity index (χ1) is 6.90. The lowest BCUT2D eigenvalue weighted by Crippen LogP contribution is -2.49. The molecule has 0 aliphatic heterocycles. The van der Waals surface area contributed by atoms with E-state index in [1.807, 2.05) is 13.8 Å². The van der Waals surface area contributed by atoms with E-state index < -0.39 is 11.9 Å². The van der Waals surface area contributed by atoms with Gasteiger partial charge in [0.2, 0.25) is 11.8 Å². The van der Waals surface area contributed by atoms with Crippen molar-refractivity contribution in [1.29, 1.82) is 0 Å². The summed E-state index contributed by atoms with van der Waals surface area (Å²) in [5, 5.41) is 0. The van der Waals surface area contributed by atoms with E-state index in [1.165, 1.54) is 4.90 Å². The smallest absolute Gasteiger partial charge is 0.240 e. The standard InChI is InChI=1S/C10H19N3O2/c1-4-5-8(11)10(15)13(7(2)3)6-9(12)14/h4,7-8H,1,5-6,11H2,2-3H3,(H2,12,14). The van der Waals surface area contributed by atoms with Gasteiger partial charge in [-0.1, -0.05) is 6.08 Å². The minimum Gasteiger partial charge on any atom is -0.368 e. The molecule has 0 aromatic rings. The van der Waals surface area contributed by atoms with Crippen molar-refractivity contribution in [3.8, 4) is 0 Å². The first-order valence-corrected chi connectivity index (χ1v) is 4.85. The molecular weight excluding hydrogens is 194 g/mol. The lowest BCUT2D eigenvalue weighted by molar-refractivity contribution is -0.137. The molecule has 0 radical (unpaired) electrons. The maximum Gasteiger partial charge on any atom is 0.240 e. The van der Waals surface area contributed by atoms with E-state index in [4.69, 9.17) is 11.5 Å². The van der Waals surface area contributed by atoms with Crippen molar-refractivity contribution in [2.75, 3.05) is 6.54 Å². The van der Waals surface area contributed by atoms with Gasteiger partial charge < -0.3 is 16.4 Å². The summed E-state index contributed by atoms with van der Waals surface area (Å²) in [6, 6.07) is -0.745. The summed E-state index contributed by atoms with van der Waals surface area (Å²) in [7, 11) is 0. The third kappa shape index (κ3) is 4.60. The molecule has 0 saturated heterocycles. The fraction of sp³-hybridized carbons (Fsp3) is 0.600. The number of hydrogen-bond acceptors (Lipinski definition) is 3. The van der Waals surface area contributed by atoms with Crippen molar-refractivity contribution in [2.24, 2.45) is 11.5 Å². The van der Waals surface area contributed by atoms with Crippen LogP contribution in [0.25, 0.3) is 0 Å². The molecule has 2 amide bonds. The number of rotatable bonds is 6. The highest BCUT2D eigenvalue weighted by molar-refractivity contribution is 5.87. The lowest BCUT2D eigenvalue weighted by atomic mass is 10.1. The van der Waals surface area contributed by atoms with Crippen LogP contribution in [0.15, 0.2) is 12.7 Å². The summed E-state index contributed by atoms with van der Waals surface area (Å²) in [5.74, 6) is -0.813. The molecular formula is C10H19N3O2. The number of amides is 2. The van der Waals surface area contributed by atoms with E-state index in [0.29, 0.717) is 6.42 Å². The quantitative estimate of drug-likeness (QED) is 0.589. The maximum absolute atomic E-state index is 11.8. The van der Waals surface area contributed by atoms with E-state index >= 15 is 0 Å². The van der Waals surface area contributed by atoms with E-state index in [-0.39, 0.29) is 18.5 Å². The first-order valence-electron chi connectivity index (χ1n) is 4.85. The molecule has 0 aromatic carbocycles. The molecule has 5 nitrogen and oxygen atoms in total. The Labute approximate surface area is 90.1 Å². The van der Waals surface area contributed by atoms with Crippen LogP contribution in [0.4, 0.5) is 0 Å².